The number of hydrogen-bond donors (Lipinski definition) is 0. The molecule has 0 heterocycles. The lowest BCUT2D eigenvalue weighted by atomic mass is 10.3. The summed E-state index contributed by atoms with van der Waals surface area (Å²) in [7, 11) is 0. The first kappa shape index (κ1) is 12.8. The van der Waals surface area contributed by atoms with Crippen LogP contribution in [-0.4, -0.2) is 5.97 Å². The first-order valence-electron chi connectivity index (χ1n) is 3.97. The number of ether oxygens (including phenoxy) is 1. The zero-order valence-electron chi connectivity index (χ0n) is 7.72. The molecule has 0 spiro atoms. The Morgan fingerprint density at radius 2 is 1.91 bits per heavy atom. The Morgan fingerprint density at radius 3 is 1.91 bits per heavy atom. The molecule has 0 atom stereocenters. The van der Waals surface area contributed by atoms with Crippen LogP contribution in [-0.2, 0) is 9.53 Å². The molecular formula is C9H18O2. The molecule has 0 fully saturated rings. The number of unbranched alkanes of at least 4 members (excludes halogenated alkanes) is 2. The van der Waals surface area contributed by atoms with Crippen LogP contribution in [0.2, 0.25) is 0 Å². The summed E-state index contributed by atoms with van der Waals surface area (Å²) < 4.78 is 4.17. The number of hydrogen-bond acceptors (Lipinski definition) is 2. The first-order chi connectivity index (χ1) is 5.18. The summed E-state index contributed by atoms with van der Waals surface area (Å²) in [5.74, 6) is -0.329. The second-order valence-electron chi connectivity index (χ2n) is 2.13. The smallest absolute Gasteiger partial charge is 0.307 e. The summed E-state index contributed by atoms with van der Waals surface area (Å²) in [6, 6.07) is 0. The van der Waals surface area contributed by atoms with Crippen LogP contribution < -0.4 is 0 Å². The van der Waals surface area contributed by atoms with E-state index in [2.05, 4.69) is 25.2 Å². The maximum absolute atomic E-state index is 9.75. The minimum Gasteiger partial charge on any atom is -0.435 e. The fraction of sp³-hybridized carbons (Fsp3) is 0.667. The fourth-order valence-corrected chi connectivity index (χ4v) is 0.471. The molecule has 0 amide bonds. The second kappa shape index (κ2) is 11.9. The Balaban J connectivity index is 0. The highest BCUT2D eigenvalue weighted by Gasteiger charge is 1.79. The van der Waals surface area contributed by atoms with Crippen LogP contribution in [0.1, 0.15) is 40.0 Å². The van der Waals surface area contributed by atoms with E-state index in [-0.39, 0.29) is 5.97 Å². The molecule has 0 radical (unpaired) electrons. The van der Waals surface area contributed by atoms with Gasteiger partial charge in [-0.15, -0.1) is 0 Å². The summed E-state index contributed by atoms with van der Waals surface area (Å²) in [5.41, 5.74) is 0. The summed E-state index contributed by atoms with van der Waals surface area (Å²) in [5, 5.41) is 0. The molecule has 0 saturated carbocycles. The van der Waals surface area contributed by atoms with Gasteiger partial charge in [-0.25, -0.2) is 0 Å². The molecule has 2 nitrogen and oxygen atoms in total. The maximum atomic E-state index is 9.75. The molecule has 0 aromatic rings. The van der Waals surface area contributed by atoms with Gasteiger partial charge >= 0.3 is 5.97 Å². The standard InChI is InChI=1S/C5H12.C4H6O2/c1-3-5-4-2;1-3-6-4(2)5/h3-5H2,1-2H3;3H,1H2,2H3. The van der Waals surface area contributed by atoms with Gasteiger partial charge in [0.15, 0.2) is 0 Å². The number of rotatable bonds is 3. The maximum Gasteiger partial charge on any atom is 0.307 e. The Bertz CT molecular complexity index is 95.7. The quantitative estimate of drug-likeness (QED) is 0.466. The van der Waals surface area contributed by atoms with Crippen LogP contribution in [0.15, 0.2) is 12.8 Å². The van der Waals surface area contributed by atoms with Crippen LogP contribution in [0.25, 0.3) is 0 Å². The first-order valence-corrected chi connectivity index (χ1v) is 3.97. The Morgan fingerprint density at radius 1 is 1.45 bits per heavy atom. The van der Waals surface area contributed by atoms with Crippen LogP contribution in [0.3, 0.4) is 0 Å². The second-order valence-corrected chi connectivity index (χ2v) is 2.13. The largest absolute Gasteiger partial charge is 0.435 e. The average molecular weight is 158 g/mol. The van der Waals surface area contributed by atoms with Crippen molar-refractivity contribution in [2.24, 2.45) is 0 Å². The lowest BCUT2D eigenvalue weighted by Crippen LogP contribution is -1.87. The van der Waals surface area contributed by atoms with Crippen molar-refractivity contribution in [3.63, 3.8) is 0 Å². The van der Waals surface area contributed by atoms with Gasteiger partial charge in [-0.3, -0.25) is 4.79 Å². The van der Waals surface area contributed by atoms with Crippen molar-refractivity contribution < 1.29 is 9.53 Å². The molecule has 66 valence electrons. The molecular weight excluding hydrogens is 140 g/mol. The Hall–Kier alpha value is -0.790. The zero-order valence-corrected chi connectivity index (χ0v) is 7.72. The molecule has 0 unspecified atom stereocenters. The van der Waals surface area contributed by atoms with Gasteiger partial charge in [-0.1, -0.05) is 39.7 Å². The molecule has 0 aromatic heterocycles. The average Bonchev–Trinajstić information content (AvgIpc) is 1.90. The third-order valence-electron chi connectivity index (χ3n) is 0.956. The summed E-state index contributed by atoms with van der Waals surface area (Å²) in [4.78, 5) is 9.75. The van der Waals surface area contributed by atoms with Crippen LogP contribution in [0.4, 0.5) is 0 Å². The van der Waals surface area contributed by atoms with E-state index in [1.54, 1.807) is 0 Å². The van der Waals surface area contributed by atoms with Gasteiger partial charge in [0.1, 0.15) is 0 Å². The van der Waals surface area contributed by atoms with E-state index in [0.717, 1.165) is 6.26 Å². The molecule has 0 saturated heterocycles. The highest BCUT2D eigenvalue weighted by Crippen LogP contribution is 1.88. The Labute approximate surface area is 69.3 Å². The van der Waals surface area contributed by atoms with E-state index >= 15 is 0 Å². The van der Waals surface area contributed by atoms with Gasteiger partial charge in [0.25, 0.3) is 0 Å². The van der Waals surface area contributed by atoms with Crippen LogP contribution in [0, 0.1) is 0 Å². The van der Waals surface area contributed by atoms with E-state index in [1.807, 2.05) is 0 Å². The molecule has 0 aromatic carbocycles. The predicted octanol–water partition coefficient (Wildman–Crippen LogP) is 2.89. The lowest BCUT2D eigenvalue weighted by Gasteiger charge is -1.83. The van der Waals surface area contributed by atoms with E-state index < -0.39 is 0 Å². The molecule has 0 aliphatic carbocycles. The van der Waals surface area contributed by atoms with Gasteiger partial charge in [0, 0.05) is 6.92 Å². The minimum atomic E-state index is -0.329. The van der Waals surface area contributed by atoms with E-state index in [0.29, 0.717) is 0 Å². The van der Waals surface area contributed by atoms with Gasteiger partial charge in [-0.2, -0.15) is 0 Å². The minimum absolute atomic E-state index is 0.329. The normalized spacial score (nSPS) is 7.55. The number of carbonyl (C=O) groups is 1. The van der Waals surface area contributed by atoms with Crippen molar-refractivity contribution >= 4 is 5.97 Å². The monoisotopic (exact) mass is 158 g/mol. The highest BCUT2D eigenvalue weighted by molar-refractivity contribution is 5.66. The Kier molecular flexibility index (Phi) is 13.9. The van der Waals surface area contributed by atoms with Crippen LogP contribution >= 0.6 is 0 Å². The van der Waals surface area contributed by atoms with Gasteiger partial charge in [0.05, 0.1) is 6.26 Å². The van der Waals surface area contributed by atoms with E-state index in [4.69, 9.17) is 0 Å². The van der Waals surface area contributed by atoms with E-state index in [1.165, 1.54) is 26.2 Å². The highest BCUT2D eigenvalue weighted by atomic mass is 16.5. The van der Waals surface area contributed by atoms with Crippen molar-refractivity contribution in [1.29, 1.82) is 0 Å². The number of esters is 1. The summed E-state index contributed by atoms with van der Waals surface area (Å²) >= 11 is 0. The third kappa shape index (κ3) is 27.0. The third-order valence-corrected chi connectivity index (χ3v) is 0.956. The van der Waals surface area contributed by atoms with E-state index in [9.17, 15) is 4.79 Å². The molecule has 0 aliphatic heterocycles. The zero-order chi connectivity index (χ0) is 9.11. The molecule has 2 heteroatoms. The van der Waals surface area contributed by atoms with Crippen molar-refractivity contribution in [1.82, 2.24) is 0 Å². The fourth-order valence-electron chi connectivity index (χ4n) is 0.471. The molecule has 0 rings (SSSR count). The molecule has 0 aliphatic rings. The van der Waals surface area contributed by atoms with Gasteiger partial charge < -0.3 is 4.74 Å². The topological polar surface area (TPSA) is 26.3 Å². The lowest BCUT2D eigenvalue weighted by molar-refractivity contribution is -0.135. The predicted molar refractivity (Wildman–Crippen MR) is 47.2 cm³/mol. The summed E-state index contributed by atoms with van der Waals surface area (Å²) in [6.07, 6.45) is 5.18. The summed E-state index contributed by atoms with van der Waals surface area (Å²) in [6.45, 7) is 8.90. The van der Waals surface area contributed by atoms with Crippen LogP contribution in [0.5, 0.6) is 0 Å². The number of carbonyl (C=O) groups excluding carboxylic acids is 1. The van der Waals surface area contributed by atoms with Crippen molar-refractivity contribution in [3.8, 4) is 0 Å². The van der Waals surface area contributed by atoms with Crippen molar-refractivity contribution in [3.05, 3.63) is 12.8 Å². The van der Waals surface area contributed by atoms with Gasteiger partial charge in [0.2, 0.25) is 0 Å². The SMILES string of the molecule is C=COC(C)=O.CCCCC. The molecule has 11 heavy (non-hydrogen) atoms. The molecule has 0 N–H and O–H groups in total. The van der Waals surface area contributed by atoms with Crippen molar-refractivity contribution in [2.75, 3.05) is 0 Å². The molecule has 0 bridgehead atoms. The van der Waals surface area contributed by atoms with Gasteiger partial charge in [-0.05, 0) is 0 Å². The van der Waals surface area contributed by atoms with Crippen molar-refractivity contribution in [2.45, 2.75) is 40.0 Å².